The number of aromatic nitrogens is 3. The largest absolute Gasteiger partial charge is 0.486 e. The lowest BCUT2D eigenvalue weighted by Gasteiger charge is -2.18. The lowest BCUT2D eigenvalue weighted by atomic mass is 9.88. The first-order valence-electron chi connectivity index (χ1n) is 11.0. The van der Waals surface area contributed by atoms with Gasteiger partial charge >= 0.3 is 0 Å². The van der Waals surface area contributed by atoms with Crippen LogP contribution in [0, 0.1) is 5.92 Å². The lowest BCUT2D eigenvalue weighted by Crippen LogP contribution is -2.20. The van der Waals surface area contributed by atoms with Crippen molar-refractivity contribution in [3.8, 4) is 5.75 Å². The molecule has 11 heteroatoms. The summed E-state index contributed by atoms with van der Waals surface area (Å²) in [6, 6.07) is 7.10. The Labute approximate surface area is 211 Å². The molecule has 8 nitrogen and oxygen atoms in total. The van der Waals surface area contributed by atoms with E-state index < -0.39 is 5.91 Å². The molecule has 2 aromatic heterocycles. The summed E-state index contributed by atoms with van der Waals surface area (Å²) < 4.78 is 7.69. The summed E-state index contributed by atoms with van der Waals surface area (Å²) >= 11 is 8.65. The number of nitrogens with zero attached hydrogens (tertiary/aromatic N) is 3. The number of nitrogens with one attached hydrogen (secondary N) is 1. The van der Waals surface area contributed by atoms with E-state index in [1.165, 1.54) is 23.1 Å². The van der Waals surface area contributed by atoms with E-state index in [0.717, 1.165) is 29.7 Å². The summed E-state index contributed by atoms with van der Waals surface area (Å²) in [6.07, 6.45) is 2.74. The van der Waals surface area contributed by atoms with E-state index in [2.05, 4.69) is 22.4 Å². The molecule has 0 saturated heterocycles. The van der Waals surface area contributed by atoms with E-state index in [4.69, 9.17) is 22.1 Å². The highest BCUT2D eigenvalue weighted by molar-refractivity contribution is 7.99. The van der Waals surface area contributed by atoms with Crippen molar-refractivity contribution in [3.63, 3.8) is 0 Å². The first-order chi connectivity index (χ1) is 16.4. The van der Waals surface area contributed by atoms with Crippen LogP contribution < -0.4 is 15.8 Å². The fraction of sp³-hybridized carbons (Fsp3) is 0.391. The number of rotatable bonds is 9. The molecule has 2 amide bonds. The van der Waals surface area contributed by atoms with Gasteiger partial charge < -0.3 is 20.4 Å². The highest BCUT2D eigenvalue weighted by Gasteiger charge is 2.27. The normalized spacial score (nSPS) is 15.1. The zero-order valence-corrected chi connectivity index (χ0v) is 21.4. The Hall–Kier alpha value is -2.56. The van der Waals surface area contributed by atoms with Crippen molar-refractivity contribution < 1.29 is 14.3 Å². The Bertz CT molecular complexity index is 1190. The summed E-state index contributed by atoms with van der Waals surface area (Å²) in [5, 5.41) is 13.2. The van der Waals surface area contributed by atoms with Gasteiger partial charge in [-0.25, -0.2) is 0 Å². The first kappa shape index (κ1) is 24.6. The number of primary amides is 1. The van der Waals surface area contributed by atoms with Crippen molar-refractivity contribution in [2.75, 3.05) is 11.1 Å². The quantitative estimate of drug-likeness (QED) is 0.401. The van der Waals surface area contributed by atoms with Gasteiger partial charge in [0.05, 0.1) is 11.3 Å². The molecule has 1 aromatic carbocycles. The average molecular weight is 520 g/mol. The second-order valence-electron chi connectivity index (χ2n) is 8.14. The molecule has 2 heterocycles. The van der Waals surface area contributed by atoms with Gasteiger partial charge in [0.15, 0.2) is 11.0 Å². The number of fused-ring (bicyclic) bond motifs is 1. The molecule has 3 aromatic rings. The molecule has 34 heavy (non-hydrogen) atoms. The number of hydrogen-bond acceptors (Lipinski definition) is 7. The second-order valence-corrected chi connectivity index (χ2v) is 10.6. The molecule has 180 valence electrons. The number of ether oxygens (including phenoxy) is 1. The van der Waals surface area contributed by atoms with E-state index in [0.29, 0.717) is 44.8 Å². The van der Waals surface area contributed by atoms with Crippen LogP contribution in [-0.2, 0) is 30.8 Å². The molecule has 0 aliphatic heterocycles. The molecule has 0 bridgehead atoms. The van der Waals surface area contributed by atoms with Crippen molar-refractivity contribution in [3.05, 3.63) is 51.1 Å². The highest BCUT2D eigenvalue weighted by atomic mass is 35.5. The molecular formula is C23H26ClN5O3S2. The minimum Gasteiger partial charge on any atom is -0.486 e. The van der Waals surface area contributed by atoms with Crippen LogP contribution in [-0.4, -0.2) is 32.3 Å². The number of amides is 2. The Kier molecular flexibility index (Phi) is 7.80. The molecule has 0 fully saturated rings. The second kappa shape index (κ2) is 10.8. The first-order valence-corrected chi connectivity index (χ1v) is 13.2. The third-order valence-corrected chi connectivity index (χ3v) is 8.02. The number of anilines is 1. The van der Waals surface area contributed by atoms with E-state index in [-0.39, 0.29) is 18.3 Å². The zero-order valence-electron chi connectivity index (χ0n) is 19.0. The summed E-state index contributed by atoms with van der Waals surface area (Å²) in [7, 11) is 0. The SMILES string of the molecule is CCn1c(COc2ccc(Cl)cc2)nnc1SCC(=O)Nc1sc2c(c1C(N)=O)CCC(C)C2. The van der Waals surface area contributed by atoms with Crippen LogP contribution in [0.4, 0.5) is 5.00 Å². The molecular weight excluding hydrogens is 494 g/mol. The maximum Gasteiger partial charge on any atom is 0.251 e. The maximum absolute atomic E-state index is 12.7. The van der Waals surface area contributed by atoms with Crippen LogP contribution >= 0.6 is 34.7 Å². The number of carbonyl (C=O) groups excluding carboxylic acids is 2. The van der Waals surface area contributed by atoms with Crippen LogP contribution in [0.5, 0.6) is 5.75 Å². The fourth-order valence-electron chi connectivity index (χ4n) is 3.92. The Balaban J connectivity index is 1.39. The third-order valence-electron chi connectivity index (χ3n) is 5.63. The van der Waals surface area contributed by atoms with Crippen molar-refractivity contribution in [1.82, 2.24) is 14.8 Å². The van der Waals surface area contributed by atoms with Crippen molar-refractivity contribution >= 4 is 51.5 Å². The molecule has 0 radical (unpaired) electrons. The van der Waals surface area contributed by atoms with E-state index >= 15 is 0 Å². The number of thiophene rings is 1. The third kappa shape index (κ3) is 5.56. The highest BCUT2D eigenvalue weighted by Crippen LogP contribution is 2.39. The van der Waals surface area contributed by atoms with Gasteiger partial charge in [-0.3, -0.25) is 9.59 Å². The van der Waals surface area contributed by atoms with Crippen LogP contribution in [0.2, 0.25) is 5.02 Å². The summed E-state index contributed by atoms with van der Waals surface area (Å²) in [5.74, 6) is 1.32. The van der Waals surface area contributed by atoms with E-state index in [1.807, 2.05) is 11.5 Å². The fourth-order valence-corrected chi connectivity index (χ4v) is 6.30. The number of carbonyl (C=O) groups is 2. The van der Waals surface area contributed by atoms with Crippen LogP contribution in [0.3, 0.4) is 0 Å². The molecule has 3 N–H and O–H groups in total. The average Bonchev–Trinajstić information content (AvgIpc) is 3.36. The standard InChI is InChI=1S/C23H26ClN5O3S2/c1-3-29-18(11-32-15-7-5-14(24)6-8-15)27-28-23(29)33-12-19(30)26-22-20(21(25)31)16-9-4-13(2)10-17(16)34-22/h5-8,13H,3-4,9-12H2,1-2H3,(H2,25,31)(H,26,30). The van der Waals surface area contributed by atoms with Crippen molar-refractivity contribution in [2.24, 2.45) is 11.7 Å². The van der Waals surface area contributed by atoms with Gasteiger partial charge in [-0.05, 0) is 61.9 Å². The van der Waals surface area contributed by atoms with Gasteiger partial charge in [-0.1, -0.05) is 30.3 Å². The molecule has 1 atom stereocenters. The number of halogens is 1. The monoisotopic (exact) mass is 519 g/mol. The van der Waals surface area contributed by atoms with Gasteiger partial charge in [0.25, 0.3) is 5.91 Å². The lowest BCUT2D eigenvalue weighted by molar-refractivity contribution is -0.113. The van der Waals surface area contributed by atoms with Gasteiger partial charge in [0, 0.05) is 16.4 Å². The van der Waals surface area contributed by atoms with Crippen molar-refractivity contribution in [2.45, 2.75) is 51.4 Å². The minimum absolute atomic E-state index is 0.132. The summed E-state index contributed by atoms with van der Waals surface area (Å²) in [4.78, 5) is 26.0. The number of nitrogens with two attached hydrogens (primary N) is 1. The minimum atomic E-state index is -0.494. The van der Waals surface area contributed by atoms with E-state index in [1.54, 1.807) is 24.3 Å². The number of thioether (sulfide) groups is 1. The maximum atomic E-state index is 12.7. The zero-order chi connectivity index (χ0) is 24.2. The Morgan fingerprint density at radius 2 is 2.09 bits per heavy atom. The predicted octanol–water partition coefficient (Wildman–Crippen LogP) is 4.55. The summed E-state index contributed by atoms with van der Waals surface area (Å²) in [6.45, 7) is 5.06. The Morgan fingerprint density at radius 3 is 2.79 bits per heavy atom. The molecule has 0 spiro atoms. The van der Waals surface area contributed by atoms with E-state index in [9.17, 15) is 9.59 Å². The van der Waals surface area contributed by atoms with Crippen LogP contribution in [0.15, 0.2) is 29.4 Å². The number of hydrogen-bond donors (Lipinski definition) is 2. The van der Waals surface area contributed by atoms with Crippen LogP contribution in [0.25, 0.3) is 0 Å². The topological polar surface area (TPSA) is 112 Å². The van der Waals surface area contributed by atoms with Crippen LogP contribution in [0.1, 0.15) is 46.9 Å². The Morgan fingerprint density at radius 1 is 1.32 bits per heavy atom. The molecule has 4 rings (SSSR count). The van der Waals surface area contributed by atoms with Gasteiger partial charge in [0.2, 0.25) is 5.91 Å². The predicted molar refractivity (Wildman–Crippen MR) is 135 cm³/mol. The smallest absolute Gasteiger partial charge is 0.251 e. The van der Waals surface area contributed by atoms with Crippen molar-refractivity contribution in [1.29, 1.82) is 0 Å². The van der Waals surface area contributed by atoms with Gasteiger partial charge in [0.1, 0.15) is 17.4 Å². The van der Waals surface area contributed by atoms with Gasteiger partial charge in [-0.2, -0.15) is 0 Å². The van der Waals surface area contributed by atoms with Gasteiger partial charge in [-0.15, -0.1) is 21.5 Å². The summed E-state index contributed by atoms with van der Waals surface area (Å²) in [5.41, 5.74) is 7.10. The molecule has 1 unspecified atom stereocenters. The number of benzene rings is 1. The molecule has 0 saturated carbocycles. The molecule has 1 aliphatic rings. The molecule has 1 aliphatic carbocycles.